The average Bonchev–Trinajstić information content (AvgIpc) is 2.53. The minimum Gasteiger partial charge on any atom is -0.466 e. The topological polar surface area (TPSA) is 52.6 Å². The van der Waals surface area contributed by atoms with Gasteiger partial charge < -0.3 is 9.47 Å². The van der Waals surface area contributed by atoms with E-state index in [1.807, 2.05) is 37.3 Å². The predicted molar refractivity (Wildman–Crippen MR) is 86.1 cm³/mol. The Labute approximate surface area is 132 Å². The van der Waals surface area contributed by atoms with Crippen molar-refractivity contribution >= 4 is 18.0 Å². The lowest BCUT2D eigenvalue weighted by atomic mass is 10.0. The van der Waals surface area contributed by atoms with Crippen molar-refractivity contribution in [1.82, 2.24) is 0 Å². The maximum absolute atomic E-state index is 11.9. The molecule has 0 aliphatic heterocycles. The van der Waals surface area contributed by atoms with Crippen LogP contribution in [0.25, 0.3) is 6.08 Å². The monoisotopic (exact) mass is 304 g/mol. The molecule has 1 aromatic rings. The molecular formula is C18H24O4. The van der Waals surface area contributed by atoms with Crippen LogP contribution < -0.4 is 0 Å². The summed E-state index contributed by atoms with van der Waals surface area (Å²) in [5, 5.41) is 0. The third-order valence-electron chi connectivity index (χ3n) is 3.27. The molecule has 0 saturated carbocycles. The number of rotatable bonds is 8. The highest BCUT2D eigenvalue weighted by molar-refractivity contribution is 5.87. The van der Waals surface area contributed by atoms with Crippen molar-refractivity contribution in [3.8, 4) is 0 Å². The summed E-state index contributed by atoms with van der Waals surface area (Å²) in [4.78, 5) is 23.7. The van der Waals surface area contributed by atoms with Crippen LogP contribution in [0.15, 0.2) is 36.4 Å². The third kappa shape index (κ3) is 6.12. The molecule has 0 amide bonds. The van der Waals surface area contributed by atoms with Crippen LogP contribution in [0, 0.1) is 5.92 Å². The van der Waals surface area contributed by atoms with E-state index in [0.29, 0.717) is 13.0 Å². The number of hydrogen-bond donors (Lipinski definition) is 0. The third-order valence-corrected chi connectivity index (χ3v) is 3.27. The summed E-state index contributed by atoms with van der Waals surface area (Å²) in [7, 11) is 0. The average molecular weight is 304 g/mol. The Morgan fingerprint density at radius 3 is 2.45 bits per heavy atom. The Hall–Kier alpha value is -2.10. The van der Waals surface area contributed by atoms with Gasteiger partial charge in [0, 0.05) is 6.08 Å². The molecule has 0 N–H and O–H groups in total. The van der Waals surface area contributed by atoms with E-state index >= 15 is 0 Å². The molecule has 0 fully saturated rings. The SMILES string of the molecule is CCCC(OC(=O)C=Cc1ccccc1)C(C)C(=O)OCC. The Balaban J connectivity index is 2.63. The summed E-state index contributed by atoms with van der Waals surface area (Å²) in [6.45, 7) is 5.79. The highest BCUT2D eigenvalue weighted by Crippen LogP contribution is 2.16. The number of carbonyl (C=O) groups excluding carboxylic acids is 2. The van der Waals surface area contributed by atoms with Crippen LogP contribution in [0.5, 0.6) is 0 Å². The van der Waals surface area contributed by atoms with Gasteiger partial charge in [0.05, 0.1) is 12.5 Å². The Morgan fingerprint density at radius 2 is 1.86 bits per heavy atom. The van der Waals surface area contributed by atoms with Crippen molar-refractivity contribution in [3.05, 3.63) is 42.0 Å². The summed E-state index contributed by atoms with van der Waals surface area (Å²) >= 11 is 0. The van der Waals surface area contributed by atoms with E-state index < -0.39 is 18.0 Å². The first-order chi connectivity index (χ1) is 10.6. The maximum atomic E-state index is 11.9. The van der Waals surface area contributed by atoms with Crippen LogP contribution >= 0.6 is 0 Å². The van der Waals surface area contributed by atoms with Crippen molar-refractivity contribution in [2.24, 2.45) is 5.92 Å². The lowest BCUT2D eigenvalue weighted by Crippen LogP contribution is -2.31. The zero-order chi connectivity index (χ0) is 16.4. The fourth-order valence-corrected chi connectivity index (χ4v) is 2.04. The minimum absolute atomic E-state index is 0.323. The van der Waals surface area contributed by atoms with Gasteiger partial charge in [0.15, 0.2) is 0 Å². The van der Waals surface area contributed by atoms with Crippen LogP contribution in [0.1, 0.15) is 39.2 Å². The summed E-state index contributed by atoms with van der Waals surface area (Å²) in [6, 6.07) is 9.50. The molecule has 0 aliphatic carbocycles. The fourth-order valence-electron chi connectivity index (χ4n) is 2.04. The molecule has 0 bridgehead atoms. The van der Waals surface area contributed by atoms with E-state index in [-0.39, 0.29) is 5.97 Å². The van der Waals surface area contributed by atoms with Gasteiger partial charge in [0.2, 0.25) is 0 Å². The first-order valence-electron chi connectivity index (χ1n) is 7.68. The molecule has 0 aromatic heterocycles. The molecule has 2 atom stereocenters. The maximum Gasteiger partial charge on any atom is 0.331 e. The lowest BCUT2D eigenvalue weighted by Gasteiger charge is -2.21. The molecule has 1 aromatic carbocycles. The zero-order valence-electron chi connectivity index (χ0n) is 13.5. The van der Waals surface area contributed by atoms with Crippen LogP contribution in [-0.4, -0.2) is 24.6 Å². The van der Waals surface area contributed by atoms with Gasteiger partial charge in [-0.1, -0.05) is 43.7 Å². The van der Waals surface area contributed by atoms with E-state index in [0.717, 1.165) is 12.0 Å². The molecule has 0 heterocycles. The van der Waals surface area contributed by atoms with Crippen LogP contribution in [-0.2, 0) is 19.1 Å². The number of hydrogen-bond acceptors (Lipinski definition) is 4. The van der Waals surface area contributed by atoms with Crippen molar-refractivity contribution in [2.45, 2.75) is 39.7 Å². The normalized spacial score (nSPS) is 13.6. The fraction of sp³-hybridized carbons (Fsp3) is 0.444. The number of ether oxygens (including phenoxy) is 2. The van der Waals surface area contributed by atoms with Crippen LogP contribution in [0.3, 0.4) is 0 Å². The number of benzene rings is 1. The van der Waals surface area contributed by atoms with Gasteiger partial charge in [-0.3, -0.25) is 4.79 Å². The van der Waals surface area contributed by atoms with Gasteiger partial charge in [0.25, 0.3) is 0 Å². The Morgan fingerprint density at radius 1 is 1.18 bits per heavy atom. The first kappa shape index (κ1) is 18.0. The molecule has 4 heteroatoms. The van der Waals surface area contributed by atoms with Gasteiger partial charge in [-0.2, -0.15) is 0 Å². The second-order valence-electron chi connectivity index (χ2n) is 5.05. The van der Waals surface area contributed by atoms with Crippen molar-refractivity contribution in [3.63, 3.8) is 0 Å². The highest BCUT2D eigenvalue weighted by Gasteiger charge is 2.27. The summed E-state index contributed by atoms with van der Waals surface area (Å²) in [6.07, 6.45) is 4.07. The molecule has 0 radical (unpaired) electrons. The van der Waals surface area contributed by atoms with Gasteiger partial charge in [-0.25, -0.2) is 4.79 Å². The van der Waals surface area contributed by atoms with E-state index in [4.69, 9.17) is 9.47 Å². The quantitative estimate of drug-likeness (QED) is 0.544. The smallest absolute Gasteiger partial charge is 0.331 e. The summed E-state index contributed by atoms with van der Waals surface area (Å²) in [5.41, 5.74) is 0.921. The summed E-state index contributed by atoms with van der Waals surface area (Å²) < 4.78 is 10.4. The Bertz CT molecular complexity index is 493. The molecule has 0 saturated heterocycles. The Kier molecular flexibility index (Phi) is 7.97. The molecule has 2 unspecified atom stereocenters. The lowest BCUT2D eigenvalue weighted by molar-refractivity contribution is -0.158. The molecule has 120 valence electrons. The molecule has 0 aliphatic rings. The van der Waals surface area contributed by atoms with E-state index in [1.165, 1.54) is 6.08 Å². The van der Waals surface area contributed by atoms with Gasteiger partial charge >= 0.3 is 11.9 Å². The van der Waals surface area contributed by atoms with E-state index in [2.05, 4.69) is 0 Å². The van der Waals surface area contributed by atoms with Gasteiger partial charge in [-0.15, -0.1) is 0 Å². The van der Waals surface area contributed by atoms with E-state index in [9.17, 15) is 9.59 Å². The predicted octanol–water partition coefficient (Wildman–Crippen LogP) is 3.61. The second kappa shape index (κ2) is 9.77. The van der Waals surface area contributed by atoms with Crippen molar-refractivity contribution < 1.29 is 19.1 Å². The highest BCUT2D eigenvalue weighted by atomic mass is 16.6. The van der Waals surface area contributed by atoms with Crippen molar-refractivity contribution in [2.75, 3.05) is 6.61 Å². The summed E-state index contributed by atoms with van der Waals surface area (Å²) in [5.74, 6) is -1.24. The molecular weight excluding hydrogens is 280 g/mol. The largest absolute Gasteiger partial charge is 0.466 e. The zero-order valence-corrected chi connectivity index (χ0v) is 13.5. The van der Waals surface area contributed by atoms with Gasteiger partial charge in [0.1, 0.15) is 6.10 Å². The number of carbonyl (C=O) groups is 2. The second-order valence-corrected chi connectivity index (χ2v) is 5.05. The van der Waals surface area contributed by atoms with Crippen LogP contribution in [0.2, 0.25) is 0 Å². The van der Waals surface area contributed by atoms with Gasteiger partial charge in [-0.05, 0) is 31.9 Å². The number of esters is 2. The standard InChI is InChI=1S/C18H24O4/c1-4-9-16(14(3)18(20)21-5-2)22-17(19)13-12-15-10-7-6-8-11-15/h6-8,10-14,16H,4-5,9H2,1-3H3. The van der Waals surface area contributed by atoms with Crippen LogP contribution in [0.4, 0.5) is 0 Å². The molecule has 4 nitrogen and oxygen atoms in total. The van der Waals surface area contributed by atoms with Crippen molar-refractivity contribution in [1.29, 1.82) is 0 Å². The molecule has 1 rings (SSSR count). The molecule has 22 heavy (non-hydrogen) atoms. The molecule has 0 spiro atoms. The first-order valence-corrected chi connectivity index (χ1v) is 7.68. The minimum atomic E-state index is -0.464. The van der Waals surface area contributed by atoms with E-state index in [1.54, 1.807) is 19.9 Å².